The van der Waals surface area contributed by atoms with E-state index in [-0.39, 0.29) is 5.69 Å². The van der Waals surface area contributed by atoms with Gasteiger partial charge in [-0.25, -0.2) is 14.8 Å². The van der Waals surface area contributed by atoms with Crippen LogP contribution >= 0.6 is 0 Å². The Hall–Kier alpha value is -3.36. The van der Waals surface area contributed by atoms with Gasteiger partial charge in [0.25, 0.3) is 0 Å². The average molecular weight is 376 g/mol. The summed E-state index contributed by atoms with van der Waals surface area (Å²) in [4.78, 5) is 26.6. The summed E-state index contributed by atoms with van der Waals surface area (Å²) < 4.78 is 0. The zero-order valence-corrected chi connectivity index (χ0v) is 15.3. The van der Waals surface area contributed by atoms with Crippen LogP contribution in [0.4, 0.5) is 0 Å². The molecule has 0 bridgehead atoms. The van der Waals surface area contributed by atoms with E-state index < -0.39 is 0 Å². The molecule has 1 aromatic carbocycles. The molecule has 9 heteroatoms. The molecule has 0 spiro atoms. The van der Waals surface area contributed by atoms with E-state index in [4.69, 9.17) is 9.97 Å². The van der Waals surface area contributed by atoms with Gasteiger partial charge in [0.15, 0.2) is 11.3 Å². The number of imidazole rings is 1. The van der Waals surface area contributed by atoms with Crippen LogP contribution in [0.15, 0.2) is 29.1 Å². The molecule has 3 N–H and O–H groups in total. The molecule has 4 aromatic rings. The number of rotatable bonds is 4. The zero-order chi connectivity index (χ0) is 18.9. The number of fused-ring (bicyclic) bond motifs is 1. The predicted molar refractivity (Wildman–Crippen MR) is 103 cm³/mol. The van der Waals surface area contributed by atoms with E-state index in [1.54, 1.807) is 0 Å². The van der Waals surface area contributed by atoms with Crippen molar-refractivity contribution in [2.24, 2.45) is 5.92 Å². The normalized spacial score (nSPS) is 15.3. The molecule has 1 aliphatic rings. The Balaban J connectivity index is 1.56. The molecule has 1 saturated carbocycles. The third kappa shape index (κ3) is 3.19. The molecule has 0 amide bonds. The smallest absolute Gasteiger partial charge is 0.289 e. The number of aromatic amines is 3. The molecule has 142 valence electrons. The molecule has 1 aliphatic carbocycles. The van der Waals surface area contributed by atoms with Crippen molar-refractivity contribution in [3.05, 3.63) is 40.4 Å². The van der Waals surface area contributed by atoms with Crippen molar-refractivity contribution in [1.82, 2.24) is 40.6 Å². The summed E-state index contributed by atoms with van der Waals surface area (Å²) in [5, 5.41) is 14.1. The molecule has 5 rings (SSSR count). The van der Waals surface area contributed by atoms with Gasteiger partial charge in [0.05, 0.1) is 11.4 Å². The standard InChI is InChI=1S/C19H20N8O/c28-19-22-17-18(23-19)21-15(14(20-17)10-11-4-2-1-3-5-11)12-6-8-13(9-7-12)16-24-26-27-25-16/h6-9,11H,1-5,10H2,(H,24,25,26,27)(H2,20,21,22,23,28). The summed E-state index contributed by atoms with van der Waals surface area (Å²) >= 11 is 0. The highest BCUT2D eigenvalue weighted by Crippen LogP contribution is 2.31. The van der Waals surface area contributed by atoms with Gasteiger partial charge < -0.3 is 0 Å². The van der Waals surface area contributed by atoms with Crippen molar-refractivity contribution >= 4 is 11.3 Å². The minimum absolute atomic E-state index is 0.289. The molecule has 9 nitrogen and oxygen atoms in total. The van der Waals surface area contributed by atoms with Crippen molar-refractivity contribution in [1.29, 1.82) is 0 Å². The van der Waals surface area contributed by atoms with Gasteiger partial charge in [-0.2, -0.15) is 5.21 Å². The number of nitrogens with zero attached hydrogens (tertiary/aromatic N) is 5. The maximum absolute atomic E-state index is 11.7. The van der Waals surface area contributed by atoms with Gasteiger partial charge in [-0.05, 0) is 17.6 Å². The van der Waals surface area contributed by atoms with Crippen LogP contribution in [0.25, 0.3) is 33.9 Å². The van der Waals surface area contributed by atoms with Crippen LogP contribution < -0.4 is 5.69 Å². The number of tetrazole rings is 1. The summed E-state index contributed by atoms with van der Waals surface area (Å²) in [6.07, 6.45) is 7.18. The molecule has 0 atom stereocenters. The van der Waals surface area contributed by atoms with E-state index in [0.717, 1.165) is 28.9 Å². The Labute approximate surface area is 160 Å². The number of nitrogens with one attached hydrogen (secondary N) is 3. The fraction of sp³-hybridized carbons (Fsp3) is 0.368. The second kappa shape index (κ2) is 6.99. The first kappa shape index (κ1) is 16.8. The first-order valence-electron chi connectivity index (χ1n) is 9.59. The van der Waals surface area contributed by atoms with Gasteiger partial charge in [0.2, 0.25) is 5.82 Å². The van der Waals surface area contributed by atoms with Gasteiger partial charge in [-0.15, -0.1) is 10.2 Å². The van der Waals surface area contributed by atoms with E-state index >= 15 is 0 Å². The van der Waals surface area contributed by atoms with Crippen LogP contribution in [-0.2, 0) is 6.42 Å². The lowest BCUT2D eigenvalue weighted by atomic mass is 9.85. The van der Waals surface area contributed by atoms with Gasteiger partial charge in [0, 0.05) is 11.1 Å². The largest absolute Gasteiger partial charge is 0.326 e. The van der Waals surface area contributed by atoms with Crippen LogP contribution in [-0.4, -0.2) is 40.6 Å². The monoisotopic (exact) mass is 376 g/mol. The van der Waals surface area contributed by atoms with Crippen LogP contribution in [0.3, 0.4) is 0 Å². The Bertz CT molecular complexity index is 1140. The van der Waals surface area contributed by atoms with Crippen molar-refractivity contribution in [3.63, 3.8) is 0 Å². The number of H-pyrrole nitrogens is 3. The van der Waals surface area contributed by atoms with Crippen molar-refractivity contribution < 1.29 is 0 Å². The summed E-state index contributed by atoms with van der Waals surface area (Å²) in [6.45, 7) is 0. The van der Waals surface area contributed by atoms with Crippen molar-refractivity contribution in [2.45, 2.75) is 38.5 Å². The molecular weight excluding hydrogens is 356 g/mol. The van der Waals surface area contributed by atoms with Gasteiger partial charge >= 0.3 is 5.69 Å². The Morgan fingerprint density at radius 1 is 0.929 bits per heavy atom. The molecule has 3 heterocycles. The number of benzene rings is 1. The van der Waals surface area contributed by atoms with Gasteiger partial charge in [0.1, 0.15) is 0 Å². The van der Waals surface area contributed by atoms with E-state index in [9.17, 15) is 4.79 Å². The second-order valence-corrected chi connectivity index (χ2v) is 7.32. The average Bonchev–Trinajstić information content (AvgIpc) is 3.37. The third-order valence-corrected chi connectivity index (χ3v) is 5.40. The lowest BCUT2D eigenvalue weighted by Gasteiger charge is -2.22. The minimum Gasteiger partial charge on any atom is -0.289 e. The third-order valence-electron chi connectivity index (χ3n) is 5.40. The first-order valence-corrected chi connectivity index (χ1v) is 9.59. The van der Waals surface area contributed by atoms with Gasteiger partial charge in [-0.1, -0.05) is 56.4 Å². The second-order valence-electron chi connectivity index (χ2n) is 7.32. The minimum atomic E-state index is -0.289. The highest BCUT2D eigenvalue weighted by Gasteiger charge is 2.20. The molecule has 0 aliphatic heterocycles. The van der Waals surface area contributed by atoms with Crippen LogP contribution in [0, 0.1) is 5.92 Å². The predicted octanol–water partition coefficient (Wildman–Crippen LogP) is 2.62. The lowest BCUT2D eigenvalue weighted by Crippen LogP contribution is -2.12. The van der Waals surface area contributed by atoms with E-state index in [0.29, 0.717) is 23.0 Å². The summed E-state index contributed by atoms with van der Waals surface area (Å²) in [5.74, 6) is 1.16. The van der Waals surface area contributed by atoms with Crippen molar-refractivity contribution in [2.75, 3.05) is 0 Å². The molecule has 0 saturated heterocycles. The molecule has 1 fully saturated rings. The Morgan fingerprint density at radius 2 is 1.64 bits per heavy atom. The van der Waals surface area contributed by atoms with Crippen LogP contribution in [0.1, 0.15) is 37.8 Å². The van der Waals surface area contributed by atoms with E-state index in [1.807, 2.05) is 24.3 Å². The molecule has 3 aromatic heterocycles. The Kier molecular flexibility index (Phi) is 4.19. The summed E-state index contributed by atoms with van der Waals surface area (Å²) in [5.41, 5.74) is 4.28. The fourth-order valence-electron chi connectivity index (χ4n) is 3.99. The maximum Gasteiger partial charge on any atom is 0.326 e. The van der Waals surface area contributed by atoms with Crippen LogP contribution in [0.2, 0.25) is 0 Å². The maximum atomic E-state index is 11.7. The zero-order valence-electron chi connectivity index (χ0n) is 15.3. The molecule has 0 radical (unpaired) electrons. The number of hydrogen-bond donors (Lipinski definition) is 3. The van der Waals surface area contributed by atoms with Gasteiger partial charge in [-0.3, -0.25) is 9.97 Å². The number of aromatic nitrogens is 8. The SMILES string of the molecule is O=c1[nH]c2nc(CC3CCCCC3)c(-c3ccc(-c4nn[nH]n4)cc3)nc2[nH]1. The summed E-state index contributed by atoms with van der Waals surface area (Å²) in [7, 11) is 0. The van der Waals surface area contributed by atoms with Crippen LogP contribution in [0.5, 0.6) is 0 Å². The highest BCUT2D eigenvalue weighted by atomic mass is 16.1. The molecule has 0 unspecified atom stereocenters. The number of hydrogen-bond acceptors (Lipinski definition) is 6. The van der Waals surface area contributed by atoms with Crippen molar-refractivity contribution in [3.8, 4) is 22.6 Å². The van der Waals surface area contributed by atoms with E-state index in [2.05, 4.69) is 30.6 Å². The Morgan fingerprint density at radius 3 is 2.36 bits per heavy atom. The summed E-state index contributed by atoms with van der Waals surface area (Å²) in [6, 6.07) is 7.85. The lowest BCUT2D eigenvalue weighted by molar-refractivity contribution is 0.354. The quantitative estimate of drug-likeness (QED) is 0.502. The molecular formula is C19H20N8O. The highest BCUT2D eigenvalue weighted by molar-refractivity contribution is 5.73. The molecule has 28 heavy (non-hydrogen) atoms. The topological polar surface area (TPSA) is 129 Å². The van der Waals surface area contributed by atoms with E-state index in [1.165, 1.54) is 32.1 Å². The first-order chi connectivity index (χ1) is 13.8. The fourth-order valence-corrected chi connectivity index (χ4v) is 3.99.